The fourth-order valence-corrected chi connectivity index (χ4v) is 1.99. The molecule has 0 atom stereocenters. The van der Waals surface area contributed by atoms with Crippen LogP contribution in [0.5, 0.6) is 0 Å². The van der Waals surface area contributed by atoms with E-state index in [1.165, 1.54) is 0 Å². The Labute approximate surface area is 118 Å². The lowest BCUT2D eigenvalue weighted by molar-refractivity contribution is -0.131. The highest BCUT2D eigenvalue weighted by Gasteiger charge is 2.19. The first-order valence-electron chi connectivity index (χ1n) is 5.66. The van der Waals surface area contributed by atoms with Crippen molar-refractivity contribution in [1.82, 2.24) is 4.90 Å². The van der Waals surface area contributed by atoms with Gasteiger partial charge in [0.15, 0.2) is 0 Å². The SMILES string of the molecule is CN(Cc1ccc(Cl)cc1Cl)C(=O)CC(C)(C)N. The second-order valence-corrected chi connectivity index (χ2v) is 5.99. The monoisotopic (exact) mass is 288 g/mol. The minimum Gasteiger partial charge on any atom is -0.341 e. The molecule has 2 N–H and O–H groups in total. The highest BCUT2D eigenvalue weighted by Crippen LogP contribution is 2.22. The third kappa shape index (κ3) is 4.84. The largest absolute Gasteiger partial charge is 0.341 e. The molecule has 0 spiro atoms. The molecule has 0 radical (unpaired) electrons. The zero-order valence-electron chi connectivity index (χ0n) is 10.8. The van der Waals surface area contributed by atoms with Crippen LogP contribution in [0, 0.1) is 0 Å². The smallest absolute Gasteiger partial charge is 0.224 e. The molecule has 1 amide bonds. The Hall–Kier alpha value is -0.770. The number of rotatable bonds is 4. The number of halogens is 2. The third-order valence-corrected chi connectivity index (χ3v) is 3.04. The van der Waals surface area contributed by atoms with Crippen molar-refractivity contribution in [2.24, 2.45) is 5.73 Å². The van der Waals surface area contributed by atoms with Crippen LogP contribution in [0.2, 0.25) is 10.0 Å². The van der Waals surface area contributed by atoms with Crippen molar-refractivity contribution in [3.63, 3.8) is 0 Å². The normalized spacial score (nSPS) is 11.4. The maximum Gasteiger partial charge on any atom is 0.224 e. The van der Waals surface area contributed by atoms with Gasteiger partial charge in [-0.05, 0) is 31.5 Å². The van der Waals surface area contributed by atoms with Gasteiger partial charge < -0.3 is 10.6 Å². The number of nitrogens with two attached hydrogens (primary N) is 1. The van der Waals surface area contributed by atoms with Crippen LogP contribution >= 0.6 is 23.2 Å². The van der Waals surface area contributed by atoms with Gasteiger partial charge in [-0.15, -0.1) is 0 Å². The predicted molar refractivity (Wildman–Crippen MR) is 75.8 cm³/mol. The number of benzene rings is 1. The molecule has 0 unspecified atom stereocenters. The van der Waals surface area contributed by atoms with E-state index in [2.05, 4.69) is 0 Å². The number of hydrogen-bond donors (Lipinski definition) is 1. The van der Waals surface area contributed by atoms with Gasteiger partial charge in [-0.2, -0.15) is 0 Å². The van der Waals surface area contributed by atoms with Crippen LogP contribution in [-0.4, -0.2) is 23.4 Å². The van der Waals surface area contributed by atoms with Crippen molar-refractivity contribution in [2.75, 3.05) is 7.05 Å². The topological polar surface area (TPSA) is 46.3 Å². The van der Waals surface area contributed by atoms with E-state index in [-0.39, 0.29) is 5.91 Å². The lowest BCUT2D eigenvalue weighted by Crippen LogP contribution is -2.39. The van der Waals surface area contributed by atoms with E-state index in [1.807, 2.05) is 19.9 Å². The Kier molecular flexibility index (Phi) is 5.02. The molecule has 0 saturated carbocycles. The molecular weight excluding hydrogens is 271 g/mol. The lowest BCUT2D eigenvalue weighted by atomic mass is 10.0. The second-order valence-electron chi connectivity index (χ2n) is 5.15. The average Bonchev–Trinajstić information content (AvgIpc) is 2.19. The van der Waals surface area contributed by atoms with Crippen LogP contribution in [0.4, 0.5) is 0 Å². The van der Waals surface area contributed by atoms with Crippen molar-refractivity contribution in [2.45, 2.75) is 32.4 Å². The molecule has 0 aliphatic rings. The van der Waals surface area contributed by atoms with Crippen LogP contribution < -0.4 is 5.73 Å². The van der Waals surface area contributed by atoms with Crippen LogP contribution in [-0.2, 0) is 11.3 Å². The van der Waals surface area contributed by atoms with Crippen molar-refractivity contribution in [3.8, 4) is 0 Å². The standard InChI is InChI=1S/C13H18Cl2N2O/c1-13(2,16)7-12(18)17(3)8-9-4-5-10(14)6-11(9)15/h4-6H,7-8,16H2,1-3H3. The van der Waals surface area contributed by atoms with Crippen LogP contribution in [0.15, 0.2) is 18.2 Å². The molecule has 1 aromatic carbocycles. The number of hydrogen-bond acceptors (Lipinski definition) is 2. The summed E-state index contributed by atoms with van der Waals surface area (Å²) < 4.78 is 0. The average molecular weight is 289 g/mol. The fourth-order valence-electron chi connectivity index (χ4n) is 1.52. The highest BCUT2D eigenvalue weighted by molar-refractivity contribution is 6.35. The summed E-state index contributed by atoms with van der Waals surface area (Å²) in [5, 5.41) is 1.15. The lowest BCUT2D eigenvalue weighted by Gasteiger charge is -2.23. The summed E-state index contributed by atoms with van der Waals surface area (Å²) in [6.45, 7) is 4.10. The minimum absolute atomic E-state index is 0.00600. The van der Waals surface area contributed by atoms with Crippen molar-refractivity contribution in [3.05, 3.63) is 33.8 Å². The van der Waals surface area contributed by atoms with E-state index in [4.69, 9.17) is 28.9 Å². The van der Waals surface area contributed by atoms with Gasteiger partial charge in [0, 0.05) is 35.6 Å². The van der Waals surface area contributed by atoms with Gasteiger partial charge in [0.1, 0.15) is 0 Å². The van der Waals surface area contributed by atoms with Gasteiger partial charge in [0.2, 0.25) is 5.91 Å². The summed E-state index contributed by atoms with van der Waals surface area (Å²) in [5.41, 5.74) is 6.19. The van der Waals surface area contributed by atoms with Gasteiger partial charge in [-0.1, -0.05) is 29.3 Å². The van der Waals surface area contributed by atoms with Gasteiger partial charge in [0.25, 0.3) is 0 Å². The molecule has 1 rings (SSSR count). The molecule has 5 heteroatoms. The Bertz CT molecular complexity index is 441. The molecule has 3 nitrogen and oxygen atoms in total. The summed E-state index contributed by atoms with van der Waals surface area (Å²) in [6.07, 6.45) is 0.300. The zero-order chi connectivity index (χ0) is 13.9. The first-order valence-corrected chi connectivity index (χ1v) is 6.41. The molecule has 18 heavy (non-hydrogen) atoms. The summed E-state index contributed by atoms with van der Waals surface area (Å²) in [6, 6.07) is 5.25. The van der Waals surface area contributed by atoms with E-state index >= 15 is 0 Å². The van der Waals surface area contributed by atoms with Crippen molar-refractivity contribution < 1.29 is 4.79 Å². The number of carbonyl (C=O) groups excluding carboxylic acids is 1. The molecule has 0 aliphatic carbocycles. The first kappa shape index (κ1) is 15.3. The van der Waals surface area contributed by atoms with Gasteiger partial charge in [-0.3, -0.25) is 4.79 Å². The molecule has 1 aromatic rings. The molecule has 100 valence electrons. The summed E-state index contributed by atoms with van der Waals surface area (Å²) in [4.78, 5) is 13.5. The van der Waals surface area contributed by atoms with Crippen LogP contribution in [0.3, 0.4) is 0 Å². The Morgan fingerprint density at radius 1 is 1.39 bits per heavy atom. The van der Waals surface area contributed by atoms with Gasteiger partial charge in [-0.25, -0.2) is 0 Å². The first-order chi connectivity index (χ1) is 8.19. The molecular formula is C13H18Cl2N2O. The maximum atomic E-state index is 11.9. The molecule has 0 bridgehead atoms. The zero-order valence-corrected chi connectivity index (χ0v) is 12.3. The molecule has 0 saturated heterocycles. The molecule has 0 aromatic heterocycles. The van der Waals surface area contributed by atoms with E-state index in [0.717, 1.165) is 5.56 Å². The number of carbonyl (C=O) groups is 1. The highest BCUT2D eigenvalue weighted by atomic mass is 35.5. The molecule has 0 aliphatic heterocycles. The summed E-state index contributed by atoms with van der Waals surface area (Å²) in [5.74, 6) is -0.00600. The maximum absolute atomic E-state index is 11.9. The predicted octanol–water partition coefficient (Wildman–Crippen LogP) is 3.08. The van der Waals surface area contributed by atoms with Crippen LogP contribution in [0.1, 0.15) is 25.8 Å². The van der Waals surface area contributed by atoms with E-state index in [0.29, 0.717) is 23.0 Å². The van der Waals surface area contributed by atoms with Crippen molar-refractivity contribution >= 4 is 29.1 Å². The van der Waals surface area contributed by atoms with Gasteiger partial charge in [0.05, 0.1) is 0 Å². The fraction of sp³-hybridized carbons (Fsp3) is 0.462. The third-order valence-electron chi connectivity index (χ3n) is 2.46. The Morgan fingerprint density at radius 3 is 2.50 bits per heavy atom. The minimum atomic E-state index is -0.505. The number of amides is 1. The summed E-state index contributed by atoms with van der Waals surface area (Å²) in [7, 11) is 1.74. The quantitative estimate of drug-likeness (QED) is 0.926. The Morgan fingerprint density at radius 2 is 2.00 bits per heavy atom. The van der Waals surface area contributed by atoms with Crippen molar-refractivity contribution in [1.29, 1.82) is 0 Å². The van der Waals surface area contributed by atoms with E-state index in [9.17, 15) is 4.79 Å². The number of nitrogens with zero attached hydrogens (tertiary/aromatic N) is 1. The van der Waals surface area contributed by atoms with E-state index < -0.39 is 5.54 Å². The Balaban J connectivity index is 2.69. The van der Waals surface area contributed by atoms with E-state index in [1.54, 1.807) is 24.1 Å². The molecule has 0 heterocycles. The van der Waals surface area contributed by atoms with Crippen LogP contribution in [0.25, 0.3) is 0 Å². The summed E-state index contributed by atoms with van der Waals surface area (Å²) >= 11 is 11.9. The molecule has 0 fully saturated rings. The second kappa shape index (κ2) is 5.91. The van der Waals surface area contributed by atoms with Gasteiger partial charge >= 0.3 is 0 Å².